The summed E-state index contributed by atoms with van der Waals surface area (Å²) in [5, 5.41) is 6.47. The lowest BCUT2D eigenvalue weighted by molar-refractivity contribution is 0.310. The van der Waals surface area contributed by atoms with Gasteiger partial charge in [-0.25, -0.2) is 23.1 Å². The average Bonchev–Trinajstić information content (AvgIpc) is 3.15. The summed E-state index contributed by atoms with van der Waals surface area (Å²) >= 11 is 0. The van der Waals surface area contributed by atoms with Gasteiger partial charge < -0.3 is 20.3 Å². The summed E-state index contributed by atoms with van der Waals surface area (Å²) in [6.07, 6.45) is 2.40. The normalized spacial score (nSPS) is 16.8. The van der Waals surface area contributed by atoms with Crippen LogP contribution in [0.4, 0.5) is 19.0 Å². The maximum absolute atomic E-state index is 13.9. The molecule has 0 amide bonds. The Morgan fingerprint density at radius 2 is 2.14 bits per heavy atom. The molecule has 1 aromatic carbocycles. The molecule has 156 valence electrons. The van der Waals surface area contributed by atoms with E-state index in [4.69, 9.17) is 4.74 Å². The molecule has 1 saturated heterocycles. The van der Waals surface area contributed by atoms with Gasteiger partial charge >= 0.3 is 0 Å². The second kappa shape index (κ2) is 9.99. The number of guanidine groups is 1. The summed E-state index contributed by atoms with van der Waals surface area (Å²) in [5.74, 6) is -0.783. The van der Waals surface area contributed by atoms with Gasteiger partial charge in [0.05, 0.1) is 6.54 Å². The topological polar surface area (TPSA) is 61.8 Å². The van der Waals surface area contributed by atoms with Crippen molar-refractivity contribution in [2.45, 2.75) is 19.4 Å². The lowest BCUT2D eigenvalue weighted by Gasteiger charge is -2.20. The minimum atomic E-state index is -0.744. The highest BCUT2D eigenvalue weighted by Crippen LogP contribution is 2.21. The number of halogens is 3. The van der Waals surface area contributed by atoms with Crippen molar-refractivity contribution in [1.82, 2.24) is 15.6 Å². The molecular weight excluding hydrogens is 383 g/mol. The first-order valence-corrected chi connectivity index (χ1v) is 9.55. The number of aromatic nitrogens is 1. The van der Waals surface area contributed by atoms with Crippen molar-refractivity contribution < 1.29 is 17.9 Å². The lowest BCUT2D eigenvalue weighted by atomic mass is 10.3. The average molecular weight is 407 g/mol. The van der Waals surface area contributed by atoms with Crippen molar-refractivity contribution in [2.24, 2.45) is 4.99 Å². The molecule has 1 unspecified atom stereocenters. The molecule has 1 aliphatic heterocycles. The molecule has 1 fully saturated rings. The van der Waals surface area contributed by atoms with Crippen LogP contribution in [-0.4, -0.2) is 49.8 Å². The van der Waals surface area contributed by atoms with Gasteiger partial charge in [0.25, 0.3) is 0 Å². The molecule has 1 aromatic heterocycles. The minimum Gasteiger partial charge on any atom is -0.489 e. The van der Waals surface area contributed by atoms with E-state index in [0.717, 1.165) is 18.6 Å². The van der Waals surface area contributed by atoms with E-state index in [1.165, 1.54) is 12.1 Å². The summed E-state index contributed by atoms with van der Waals surface area (Å²) in [4.78, 5) is 10.4. The van der Waals surface area contributed by atoms with Crippen molar-refractivity contribution in [3.05, 3.63) is 54.0 Å². The standard InChI is InChI=1S/C20H24F3N5O/c1-2-24-20(26-9-11-29-18-6-5-14(21)12-17(18)23)27-15-7-10-28(13-15)19-16(22)4-3-8-25-19/h3-6,8,12,15H,2,7,9-11,13H2,1H3,(H2,24,26,27). The van der Waals surface area contributed by atoms with Crippen LogP contribution >= 0.6 is 0 Å². The van der Waals surface area contributed by atoms with Gasteiger partial charge in [0.2, 0.25) is 0 Å². The summed E-state index contributed by atoms with van der Waals surface area (Å²) in [6.45, 7) is 4.36. The second-order valence-electron chi connectivity index (χ2n) is 6.57. The van der Waals surface area contributed by atoms with Crippen LogP contribution in [0.2, 0.25) is 0 Å². The van der Waals surface area contributed by atoms with Gasteiger partial charge in [-0.2, -0.15) is 0 Å². The van der Waals surface area contributed by atoms with E-state index in [9.17, 15) is 13.2 Å². The molecule has 29 heavy (non-hydrogen) atoms. The van der Waals surface area contributed by atoms with Gasteiger partial charge in [0, 0.05) is 37.9 Å². The van der Waals surface area contributed by atoms with E-state index in [1.54, 1.807) is 12.3 Å². The Morgan fingerprint density at radius 3 is 2.90 bits per heavy atom. The van der Waals surface area contributed by atoms with Crippen molar-refractivity contribution in [1.29, 1.82) is 0 Å². The Labute approximate surface area is 167 Å². The van der Waals surface area contributed by atoms with Crippen molar-refractivity contribution in [2.75, 3.05) is 37.7 Å². The van der Waals surface area contributed by atoms with Crippen LogP contribution in [0.3, 0.4) is 0 Å². The van der Waals surface area contributed by atoms with Crippen molar-refractivity contribution in [3.8, 4) is 5.75 Å². The van der Waals surface area contributed by atoms with Gasteiger partial charge in [-0.1, -0.05) is 0 Å². The molecule has 0 spiro atoms. The molecule has 9 heteroatoms. The highest BCUT2D eigenvalue weighted by Gasteiger charge is 2.25. The van der Waals surface area contributed by atoms with E-state index in [1.807, 2.05) is 11.8 Å². The first-order valence-electron chi connectivity index (χ1n) is 9.55. The van der Waals surface area contributed by atoms with Gasteiger partial charge in [-0.3, -0.25) is 0 Å². The fourth-order valence-electron chi connectivity index (χ4n) is 3.10. The molecule has 1 atom stereocenters. The molecule has 1 aliphatic rings. The van der Waals surface area contributed by atoms with Gasteiger partial charge in [0.1, 0.15) is 12.4 Å². The van der Waals surface area contributed by atoms with Crippen molar-refractivity contribution in [3.63, 3.8) is 0 Å². The van der Waals surface area contributed by atoms with Crippen molar-refractivity contribution >= 4 is 11.8 Å². The first kappa shape index (κ1) is 20.8. The molecule has 0 saturated carbocycles. The quantitative estimate of drug-likeness (QED) is 0.420. The van der Waals surface area contributed by atoms with Crippen LogP contribution in [0, 0.1) is 17.5 Å². The largest absolute Gasteiger partial charge is 0.489 e. The first-order chi connectivity index (χ1) is 14.1. The Balaban J connectivity index is 1.51. The number of anilines is 1. The van der Waals surface area contributed by atoms with Gasteiger partial charge in [-0.05, 0) is 37.6 Å². The zero-order chi connectivity index (χ0) is 20.6. The Kier molecular flexibility index (Phi) is 7.15. The monoisotopic (exact) mass is 407 g/mol. The number of nitrogens with one attached hydrogen (secondary N) is 2. The predicted molar refractivity (Wildman–Crippen MR) is 106 cm³/mol. The molecule has 0 bridgehead atoms. The minimum absolute atomic E-state index is 0.0108. The van der Waals surface area contributed by atoms with E-state index >= 15 is 0 Å². The SMILES string of the molecule is CCNC(=NCCOc1ccc(F)cc1F)NC1CCN(c2ncccc2F)C1. The zero-order valence-corrected chi connectivity index (χ0v) is 16.2. The van der Waals surface area contributed by atoms with E-state index in [0.29, 0.717) is 31.4 Å². The van der Waals surface area contributed by atoms with Crippen LogP contribution in [0.15, 0.2) is 41.5 Å². The third-order valence-electron chi connectivity index (χ3n) is 4.42. The number of pyridine rings is 1. The number of aliphatic imine (C=N–C) groups is 1. The Hall–Kier alpha value is -2.97. The molecule has 2 N–H and O–H groups in total. The molecule has 2 aromatic rings. The number of ether oxygens (including phenoxy) is 1. The molecule has 3 rings (SSSR count). The summed E-state index contributed by atoms with van der Waals surface area (Å²) < 4.78 is 45.7. The van der Waals surface area contributed by atoms with Crippen LogP contribution in [0.5, 0.6) is 5.75 Å². The summed E-state index contributed by atoms with van der Waals surface area (Å²) in [5.41, 5.74) is 0. The number of rotatable bonds is 7. The molecule has 2 heterocycles. The number of nitrogens with zero attached hydrogens (tertiary/aromatic N) is 3. The summed E-state index contributed by atoms with van der Waals surface area (Å²) in [6, 6.07) is 6.23. The fourth-order valence-corrected chi connectivity index (χ4v) is 3.10. The van der Waals surface area contributed by atoms with Crippen LogP contribution < -0.4 is 20.3 Å². The molecular formula is C20H24F3N5O. The van der Waals surface area contributed by atoms with Crippen LogP contribution in [0.25, 0.3) is 0 Å². The number of benzene rings is 1. The smallest absolute Gasteiger partial charge is 0.191 e. The molecule has 0 aliphatic carbocycles. The maximum atomic E-state index is 13.9. The maximum Gasteiger partial charge on any atom is 0.191 e. The van der Waals surface area contributed by atoms with Gasteiger partial charge in [0.15, 0.2) is 29.2 Å². The van der Waals surface area contributed by atoms with E-state index < -0.39 is 11.6 Å². The van der Waals surface area contributed by atoms with E-state index in [2.05, 4.69) is 20.6 Å². The highest BCUT2D eigenvalue weighted by molar-refractivity contribution is 5.80. The Morgan fingerprint density at radius 1 is 1.28 bits per heavy atom. The third-order valence-corrected chi connectivity index (χ3v) is 4.42. The summed E-state index contributed by atoms with van der Waals surface area (Å²) in [7, 11) is 0. The predicted octanol–water partition coefficient (Wildman–Crippen LogP) is 2.71. The lowest BCUT2D eigenvalue weighted by Crippen LogP contribution is -2.45. The van der Waals surface area contributed by atoms with Crippen LogP contribution in [0.1, 0.15) is 13.3 Å². The van der Waals surface area contributed by atoms with Gasteiger partial charge in [-0.15, -0.1) is 0 Å². The Bertz CT molecular complexity index is 849. The second-order valence-corrected chi connectivity index (χ2v) is 6.57. The fraction of sp³-hybridized carbons (Fsp3) is 0.400. The molecule has 6 nitrogen and oxygen atoms in total. The third kappa shape index (κ3) is 5.75. The molecule has 0 radical (unpaired) electrons. The zero-order valence-electron chi connectivity index (χ0n) is 16.2. The van der Waals surface area contributed by atoms with E-state index in [-0.39, 0.29) is 30.8 Å². The van der Waals surface area contributed by atoms with Crippen LogP contribution in [-0.2, 0) is 0 Å². The number of hydrogen-bond acceptors (Lipinski definition) is 4. The highest BCUT2D eigenvalue weighted by atomic mass is 19.1. The number of hydrogen-bond donors (Lipinski definition) is 2.